The molecular formula is C18H11I. The first-order valence-electron chi connectivity index (χ1n) is 6.65. The fourth-order valence-electron chi connectivity index (χ4n) is 3.97. The Kier molecular flexibility index (Phi) is 1.87. The summed E-state index contributed by atoms with van der Waals surface area (Å²) in [6.45, 7) is 0. The van der Waals surface area contributed by atoms with Gasteiger partial charge >= 0.3 is 0 Å². The zero-order chi connectivity index (χ0) is 12.6. The van der Waals surface area contributed by atoms with Crippen LogP contribution < -0.4 is 0 Å². The lowest BCUT2D eigenvalue weighted by molar-refractivity contribution is 0.635. The van der Waals surface area contributed by atoms with Gasteiger partial charge in [0.05, 0.1) is 0 Å². The molecular weight excluding hydrogens is 343 g/mol. The molecule has 19 heavy (non-hydrogen) atoms. The van der Waals surface area contributed by atoms with Gasteiger partial charge in [0, 0.05) is 15.4 Å². The topological polar surface area (TPSA) is 0 Å². The molecule has 0 fully saturated rings. The molecule has 0 N–H and O–H groups in total. The van der Waals surface area contributed by atoms with E-state index >= 15 is 0 Å². The molecule has 0 heterocycles. The van der Waals surface area contributed by atoms with Gasteiger partial charge in [0.15, 0.2) is 0 Å². The Hall–Kier alpha value is -1.35. The van der Waals surface area contributed by atoms with E-state index in [1.54, 1.807) is 5.56 Å². The number of halogens is 1. The molecule has 0 amide bonds. The van der Waals surface area contributed by atoms with Crippen LogP contribution in [0.25, 0.3) is 10.8 Å². The first-order valence-corrected chi connectivity index (χ1v) is 7.73. The number of hydrogen-bond donors (Lipinski definition) is 0. The predicted molar refractivity (Wildman–Crippen MR) is 86.8 cm³/mol. The van der Waals surface area contributed by atoms with Crippen molar-refractivity contribution >= 4 is 33.4 Å². The van der Waals surface area contributed by atoms with E-state index in [9.17, 15) is 0 Å². The van der Waals surface area contributed by atoms with Crippen LogP contribution in [0.15, 0.2) is 54.6 Å². The van der Waals surface area contributed by atoms with E-state index in [2.05, 4.69) is 77.2 Å². The van der Waals surface area contributed by atoms with Gasteiger partial charge in [0.25, 0.3) is 0 Å². The number of rotatable bonds is 0. The quantitative estimate of drug-likeness (QED) is 0.497. The van der Waals surface area contributed by atoms with Crippen LogP contribution in [0.3, 0.4) is 0 Å². The van der Waals surface area contributed by atoms with Crippen LogP contribution in [0.5, 0.6) is 0 Å². The third-order valence-corrected chi connectivity index (χ3v) is 5.36. The summed E-state index contributed by atoms with van der Waals surface area (Å²) in [4.78, 5) is 0. The van der Waals surface area contributed by atoms with Crippen molar-refractivity contribution in [2.45, 2.75) is 11.8 Å². The van der Waals surface area contributed by atoms with E-state index in [-0.39, 0.29) is 0 Å². The van der Waals surface area contributed by atoms with Gasteiger partial charge < -0.3 is 0 Å². The van der Waals surface area contributed by atoms with E-state index < -0.39 is 0 Å². The lowest BCUT2D eigenvalue weighted by Gasteiger charge is -2.36. The largest absolute Gasteiger partial charge is 0.0613 e. The second-order valence-electron chi connectivity index (χ2n) is 5.52. The fourth-order valence-corrected chi connectivity index (χ4v) is 4.49. The van der Waals surface area contributed by atoms with E-state index in [0.29, 0.717) is 11.8 Å². The van der Waals surface area contributed by atoms with Crippen molar-refractivity contribution in [2.24, 2.45) is 0 Å². The molecule has 0 saturated heterocycles. The Bertz CT molecular complexity index is 842. The zero-order valence-electron chi connectivity index (χ0n) is 10.2. The summed E-state index contributed by atoms with van der Waals surface area (Å²) in [5.41, 5.74) is 6.15. The SMILES string of the molecule is Ic1ccc2c(c1)C1c3cccc4cccc(c34)C21. The van der Waals surface area contributed by atoms with Gasteiger partial charge in [0.1, 0.15) is 0 Å². The van der Waals surface area contributed by atoms with Gasteiger partial charge in [-0.2, -0.15) is 0 Å². The second kappa shape index (κ2) is 3.40. The van der Waals surface area contributed by atoms with Crippen LogP contribution in [0.4, 0.5) is 0 Å². The number of benzene rings is 3. The summed E-state index contributed by atoms with van der Waals surface area (Å²) in [6, 6.07) is 20.4. The van der Waals surface area contributed by atoms with Crippen LogP contribution in [0, 0.1) is 3.57 Å². The first-order chi connectivity index (χ1) is 9.34. The zero-order valence-corrected chi connectivity index (χ0v) is 12.4. The van der Waals surface area contributed by atoms with Crippen LogP contribution in [0.2, 0.25) is 0 Å². The average Bonchev–Trinajstić information content (AvgIpc) is 2.70. The van der Waals surface area contributed by atoms with Gasteiger partial charge in [0.2, 0.25) is 0 Å². The molecule has 90 valence electrons. The van der Waals surface area contributed by atoms with Crippen molar-refractivity contribution < 1.29 is 0 Å². The van der Waals surface area contributed by atoms with Gasteiger partial charge in [-0.15, -0.1) is 0 Å². The summed E-state index contributed by atoms with van der Waals surface area (Å²) in [6.07, 6.45) is 0. The van der Waals surface area contributed by atoms with Gasteiger partial charge in [-0.1, -0.05) is 42.5 Å². The molecule has 0 saturated carbocycles. The van der Waals surface area contributed by atoms with E-state index in [0.717, 1.165) is 0 Å². The molecule has 0 aliphatic heterocycles. The summed E-state index contributed by atoms with van der Waals surface area (Å²) in [7, 11) is 0. The van der Waals surface area contributed by atoms with Crippen molar-refractivity contribution in [3.05, 3.63) is 80.4 Å². The number of fused-ring (bicyclic) bond motifs is 6. The molecule has 2 aliphatic carbocycles. The molecule has 2 aliphatic rings. The summed E-state index contributed by atoms with van der Waals surface area (Å²) >= 11 is 2.42. The maximum atomic E-state index is 2.42. The van der Waals surface area contributed by atoms with Crippen molar-refractivity contribution in [2.75, 3.05) is 0 Å². The van der Waals surface area contributed by atoms with E-state index in [4.69, 9.17) is 0 Å². The van der Waals surface area contributed by atoms with Crippen LogP contribution >= 0.6 is 22.6 Å². The summed E-state index contributed by atoms with van der Waals surface area (Å²) < 4.78 is 1.35. The minimum absolute atomic E-state index is 0.603. The van der Waals surface area contributed by atoms with Gasteiger partial charge in [-0.25, -0.2) is 0 Å². The summed E-state index contributed by atoms with van der Waals surface area (Å²) in [5.74, 6) is 1.21. The highest BCUT2D eigenvalue weighted by Gasteiger charge is 2.45. The molecule has 0 aromatic heterocycles. The monoisotopic (exact) mass is 354 g/mol. The predicted octanol–water partition coefficient (Wildman–Crippen LogP) is 5.04. The van der Waals surface area contributed by atoms with Crippen LogP contribution in [0.1, 0.15) is 34.1 Å². The third-order valence-electron chi connectivity index (χ3n) is 4.69. The normalized spacial score (nSPS) is 21.9. The smallest absolute Gasteiger partial charge is 0.0209 e. The Labute approximate surface area is 125 Å². The van der Waals surface area contributed by atoms with E-state index in [1.807, 2.05) is 0 Å². The minimum atomic E-state index is 0.603. The first kappa shape index (κ1) is 10.4. The molecule has 0 bridgehead atoms. The lowest BCUT2D eigenvalue weighted by atomic mass is 9.67. The third kappa shape index (κ3) is 1.15. The highest BCUT2D eigenvalue weighted by Crippen LogP contribution is 2.61. The maximum absolute atomic E-state index is 2.42. The molecule has 0 spiro atoms. The molecule has 5 rings (SSSR count). The average molecular weight is 354 g/mol. The van der Waals surface area contributed by atoms with Crippen molar-refractivity contribution in [3.63, 3.8) is 0 Å². The minimum Gasteiger partial charge on any atom is -0.0613 e. The molecule has 0 nitrogen and oxygen atoms in total. The molecule has 2 atom stereocenters. The highest BCUT2D eigenvalue weighted by atomic mass is 127. The Morgan fingerprint density at radius 3 is 2.11 bits per heavy atom. The van der Waals surface area contributed by atoms with Crippen molar-refractivity contribution in [1.82, 2.24) is 0 Å². The second-order valence-corrected chi connectivity index (χ2v) is 6.77. The Balaban J connectivity index is 1.90. The Morgan fingerprint density at radius 2 is 1.37 bits per heavy atom. The molecule has 1 heteroatoms. The van der Waals surface area contributed by atoms with Crippen molar-refractivity contribution in [3.8, 4) is 0 Å². The van der Waals surface area contributed by atoms with E-state index in [1.165, 1.54) is 31.0 Å². The van der Waals surface area contributed by atoms with Crippen LogP contribution in [-0.4, -0.2) is 0 Å². The highest BCUT2D eigenvalue weighted by molar-refractivity contribution is 14.1. The summed E-state index contributed by atoms with van der Waals surface area (Å²) in [5, 5.41) is 2.90. The Morgan fingerprint density at radius 1 is 0.684 bits per heavy atom. The maximum Gasteiger partial charge on any atom is 0.0209 e. The molecule has 0 radical (unpaired) electrons. The number of hydrogen-bond acceptors (Lipinski definition) is 0. The molecule has 2 unspecified atom stereocenters. The van der Waals surface area contributed by atoms with Crippen LogP contribution in [-0.2, 0) is 0 Å². The van der Waals surface area contributed by atoms with Gasteiger partial charge in [-0.05, 0) is 67.7 Å². The van der Waals surface area contributed by atoms with Gasteiger partial charge in [-0.3, -0.25) is 0 Å². The van der Waals surface area contributed by atoms with Crippen molar-refractivity contribution in [1.29, 1.82) is 0 Å². The lowest BCUT2D eigenvalue weighted by Crippen LogP contribution is -2.22. The molecule has 3 aromatic rings. The fraction of sp³-hybridized carbons (Fsp3) is 0.111. The standard InChI is InChI=1S/C18H11I/c19-11-7-8-12-15(9-11)18-14-6-2-4-10-3-1-5-13(16(10)14)17(12)18/h1-9,17-18H. The molecule has 3 aromatic carbocycles.